The highest BCUT2D eigenvalue weighted by atomic mass is 32.1. The molecule has 1 amide bonds. The van der Waals surface area contributed by atoms with Crippen molar-refractivity contribution in [2.24, 2.45) is 0 Å². The maximum absolute atomic E-state index is 12.7. The maximum atomic E-state index is 12.7. The molecule has 112 valence electrons. The number of aromatic nitrogens is 1. The second-order valence-electron chi connectivity index (χ2n) is 5.50. The quantitative estimate of drug-likeness (QED) is 0.868. The average molecular weight is 304 g/mol. The number of hydrogen-bond acceptors (Lipinski definition) is 4. The molecule has 3 rings (SSSR count). The first-order valence-electron chi connectivity index (χ1n) is 7.48. The van der Waals surface area contributed by atoms with E-state index < -0.39 is 0 Å². The second kappa shape index (κ2) is 6.43. The molecule has 0 spiro atoms. The van der Waals surface area contributed by atoms with Crippen molar-refractivity contribution in [1.82, 2.24) is 9.88 Å². The first-order chi connectivity index (χ1) is 10.2. The van der Waals surface area contributed by atoms with Gasteiger partial charge in [0.1, 0.15) is 5.76 Å². The molecule has 21 heavy (non-hydrogen) atoms. The van der Waals surface area contributed by atoms with Crippen LogP contribution in [0.15, 0.2) is 28.2 Å². The van der Waals surface area contributed by atoms with E-state index in [1.165, 1.54) is 6.42 Å². The molecule has 0 unspecified atom stereocenters. The van der Waals surface area contributed by atoms with E-state index >= 15 is 0 Å². The highest BCUT2D eigenvalue weighted by molar-refractivity contribution is 7.09. The van der Waals surface area contributed by atoms with Crippen LogP contribution >= 0.6 is 11.3 Å². The minimum absolute atomic E-state index is 0.0785. The van der Waals surface area contributed by atoms with Gasteiger partial charge in [-0.3, -0.25) is 4.79 Å². The Labute approximate surface area is 128 Å². The molecular formula is C16H20N2O2S. The zero-order valence-electron chi connectivity index (χ0n) is 12.2. The van der Waals surface area contributed by atoms with Crippen LogP contribution < -0.4 is 0 Å². The topological polar surface area (TPSA) is 46.3 Å². The third-order valence-electron chi connectivity index (χ3n) is 3.94. The Morgan fingerprint density at radius 2 is 2.38 bits per heavy atom. The van der Waals surface area contributed by atoms with E-state index in [0.717, 1.165) is 42.3 Å². The summed E-state index contributed by atoms with van der Waals surface area (Å²) in [6.45, 7) is 2.78. The Kier molecular flexibility index (Phi) is 4.39. The Balaban J connectivity index is 1.77. The number of amides is 1. The van der Waals surface area contributed by atoms with Gasteiger partial charge in [0.05, 0.1) is 29.4 Å². The number of hydrogen-bond donors (Lipinski definition) is 0. The van der Waals surface area contributed by atoms with E-state index in [-0.39, 0.29) is 11.9 Å². The molecule has 0 saturated carbocycles. The number of furan rings is 1. The molecule has 0 aliphatic carbocycles. The maximum Gasteiger partial charge on any atom is 0.229 e. The van der Waals surface area contributed by atoms with Crippen LogP contribution in [0.3, 0.4) is 0 Å². The third-order valence-corrected chi connectivity index (χ3v) is 4.77. The third kappa shape index (κ3) is 3.35. The predicted molar refractivity (Wildman–Crippen MR) is 82.2 cm³/mol. The van der Waals surface area contributed by atoms with Gasteiger partial charge >= 0.3 is 0 Å². The summed E-state index contributed by atoms with van der Waals surface area (Å²) >= 11 is 1.60. The van der Waals surface area contributed by atoms with Crippen LogP contribution in [-0.4, -0.2) is 22.3 Å². The minimum Gasteiger partial charge on any atom is -0.467 e. The zero-order valence-corrected chi connectivity index (χ0v) is 13.1. The molecule has 4 nitrogen and oxygen atoms in total. The van der Waals surface area contributed by atoms with E-state index in [1.54, 1.807) is 17.6 Å². The lowest BCUT2D eigenvalue weighted by Gasteiger charge is -2.28. The molecule has 1 saturated heterocycles. The van der Waals surface area contributed by atoms with Crippen LogP contribution in [0.1, 0.15) is 48.2 Å². The van der Waals surface area contributed by atoms with Gasteiger partial charge in [0.25, 0.3) is 0 Å². The lowest BCUT2D eigenvalue weighted by molar-refractivity contribution is -0.133. The van der Waals surface area contributed by atoms with E-state index in [9.17, 15) is 4.79 Å². The van der Waals surface area contributed by atoms with Gasteiger partial charge in [0.15, 0.2) is 0 Å². The normalized spacial score (nSPS) is 19.5. The van der Waals surface area contributed by atoms with Gasteiger partial charge in [-0.15, -0.1) is 11.3 Å². The fraction of sp³-hybridized carbons (Fsp3) is 0.500. The van der Waals surface area contributed by atoms with Crippen molar-refractivity contribution in [2.45, 2.75) is 45.1 Å². The van der Waals surface area contributed by atoms with Crippen LogP contribution in [0.25, 0.3) is 0 Å². The van der Waals surface area contributed by atoms with E-state index in [1.807, 2.05) is 29.3 Å². The molecular weight excluding hydrogens is 284 g/mol. The van der Waals surface area contributed by atoms with Gasteiger partial charge in [-0.25, -0.2) is 4.98 Å². The van der Waals surface area contributed by atoms with Gasteiger partial charge in [-0.2, -0.15) is 0 Å². The molecule has 0 aromatic carbocycles. The predicted octanol–water partition coefficient (Wildman–Crippen LogP) is 3.73. The van der Waals surface area contributed by atoms with Crippen LogP contribution in [0.4, 0.5) is 0 Å². The van der Waals surface area contributed by atoms with E-state index in [0.29, 0.717) is 6.42 Å². The average Bonchev–Trinajstić information content (AvgIpc) is 3.06. The SMILES string of the molecule is Cc1nc(CC(=O)N2CCCCC[C@H]2c2ccco2)cs1. The van der Waals surface area contributed by atoms with Crippen molar-refractivity contribution in [3.05, 3.63) is 40.2 Å². The van der Waals surface area contributed by atoms with Crippen LogP contribution in [0, 0.1) is 6.92 Å². The van der Waals surface area contributed by atoms with Gasteiger partial charge in [0, 0.05) is 11.9 Å². The number of rotatable bonds is 3. The van der Waals surface area contributed by atoms with Gasteiger partial charge in [-0.05, 0) is 31.9 Å². The van der Waals surface area contributed by atoms with Crippen molar-refractivity contribution in [1.29, 1.82) is 0 Å². The molecule has 0 radical (unpaired) electrons. The molecule has 5 heteroatoms. The summed E-state index contributed by atoms with van der Waals surface area (Å²) in [5.41, 5.74) is 0.880. The molecule has 0 N–H and O–H groups in total. The fourth-order valence-corrected chi connectivity index (χ4v) is 3.54. The highest BCUT2D eigenvalue weighted by Gasteiger charge is 2.28. The number of likely N-dealkylation sites (tertiary alicyclic amines) is 1. The number of carbonyl (C=O) groups is 1. The van der Waals surface area contributed by atoms with Gasteiger partial charge in [-0.1, -0.05) is 12.8 Å². The molecule has 1 atom stereocenters. The smallest absolute Gasteiger partial charge is 0.229 e. The first-order valence-corrected chi connectivity index (χ1v) is 8.36. The Bertz CT molecular complexity index is 591. The molecule has 1 aliphatic rings. The van der Waals surface area contributed by atoms with Crippen molar-refractivity contribution in [3.63, 3.8) is 0 Å². The molecule has 2 aromatic rings. The summed E-state index contributed by atoms with van der Waals surface area (Å²) < 4.78 is 5.56. The summed E-state index contributed by atoms with van der Waals surface area (Å²) in [6, 6.07) is 3.95. The first kappa shape index (κ1) is 14.3. The lowest BCUT2D eigenvalue weighted by atomic mass is 10.1. The Morgan fingerprint density at radius 3 is 3.10 bits per heavy atom. The van der Waals surface area contributed by atoms with Crippen LogP contribution in [0.2, 0.25) is 0 Å². The summed E-state index contributed by atoms with van der Waals surface area (Å²) in [6.07, 6.45) is 6.45. The number of nitrogens with zero attached hydrogens (tertiary/aromatic N) is 2. The molecule has 3 heterocycles. The summed E-state index contributed by atoms with van der Waals surface area (Å²) in [4.78, 5) is 19.1. The minimum atomic E-state index is 0.0785. The van der Waals surface area contributed by atoms with Crippen LogP contribution in [0.5, 0.6) is 0 Å². The Morgan fingerprint density at radius 1 is 1.48 bits per heavy atom. The van der Waals surface area contributed by atoms with Crippen molar-refractivity contribution in [3.8, 4) is 0 Å². The highest BCUT2D eigenvalue weighted by Crippen LogP contribution is 2.31. The van der Waals surface area contributed by atoms with E-state index in [4.69, 9.17) is 4.42 Å². The number of thiazole rings is 1. The summed E-state index contributed by atoms with van der Waals surface area (Å²) in [5, 5.41) is 2.99. The molecule has 1 fully saturated rings. The standard InChI is InChI=1S/C16H20N2O2S/c1-12-17-13(11-21-12)10-16(19)18-8-4-2-3-6-14(18)15-7-5-9-20-15/h5,7,9,11,14H,2-4,6,8,10H2,1H3/t14-/m0/s1. The zero-order chi connectivity index (χ0) is 14.7. The monoisotopic (exact) mass is 304 g/mol. The van der Waals surface area contributed by atoms with Gasteiger partial charge in [0.2, 0.25) is 5.91 Å². The molecule has 1 aliphatic heterocycles. The molecule has 0 bridgehead atoms. The lowest BCUT2D eigenvalue weighted by Crippen LogP contribution is -2.35. The largest absolute Gasteiger partial charge is 0.467 e. The van der Waals surface area contributed by atoms with Crippen molar-refractivity contribution in [2.75, 3.05) is 6.54 Å². The number of aryl methyl sites for hydroxylation is 1. The molecule has 2 aromatic heterocycles. The summed E-state index contributed by atoms with van der Waals surface area (Å²) in [5.74, 6) is 1.06. The fourth-order valence-electron chi connectivity index (χ4n) is 2.93. The number of carbonyl (C=O) groups excluding carboxylic acids is 1. The second-order valence-corrected chi connectivity index (χ2v) is 6.56. The van der Waals surface area contributed by atoms with Crippen molar-refractivity contribution >= 4 is 17.2 Å². The van der Waals surface area contributed by atoms with Gasteiger partial charge < -0.3 is 9.32 Å². The van der Waals surface area contributed by atoms with Crippen LogP contribution in [-0.2, 0) is 11.2 Å². The van der Waals surface area contributed by atoms with Crippen molar-refractivity contribution < 1.29 is 9.21 Å². The summed E-state index contributed by atoms with van der Waals surface area (Å²) in [7, 11) is 0. The Hall–Kier alpha value is -1.62. The van der Waals surface area contributed by atoms with E-state index in [2.05, 4.69) is 4.98 Å².